The van der Waals surface area contributed by atoms with E-state index in [9.17, 15) is 5.11 Å². The fraction of sp³-hybridized carbons (Fsp3) is 0.500. The van der Waals surface area contributed by atoms with E-state index in [0.717, 1.165) is 24.1 Å². The topological polar surface area (TPSA) is 41.3 Å². The summed E-state index contributed by atoms with van der Waals surface area (Å²) in [6.07, 6.45) is 4.31. The number of aliphatic hydroxyl groups is 1. The molecule has 18 heavy (non-hydrogen) atoms. The minimum Gasteiger partial charge on any atom is -0.394 e. The van der Waals surface area contributed by atoms with Gasteiger partial charge < -0.3 is 9.67 Å². The van der Waals surface area contributed by atoms with Gasteiger partial charge in [-0.25, -0.2) is 4.98 Å². The Morgan fingerprint density at radius 1 is 1.33 bits per heavy atom. The zero-order valence-electron chi connectivity index (χ0n) is 10.7. The summed E-state index contributed by atoms with van der Waals surface area (Å²) in [7, 11) is 2.00. The molecule has 1 atom stereocenters. The zero-order chi connectivity index (χ0) is 12.5. The molecule has 96 valence electrons. The van der Waals surface area contributed by atoms with Gasteiger partial charge in [0.05, 0.1) is 30.0 Å². The van der Waals surface area contributed by atoms with Crippen molar-refractivity contribution in [3.8, 4) is 0 Å². The van der Waals surface area contributed by atoms with Gasteiger partial charge in [-0.2, -0.15) is 0 Å². The molecule has 3 rings (SSSR count). The molecule has 1 N–H and O–H groups in total. The average molecular weight is 245 g/mol. The van der Waals surface area contributed by atoms with Crippen molar-refractivity contribution in [2.24, 2.45) is 7.05 Å². The number of nitrogens with zero attached hydrogens (tertiary/aromatic N) is 3. The van der Waals surface area contributed by atoms with E-state index in [1.807, 2.05) is 17.9 Å². The number of imidazole rings is 1. The average Bonchev–Trinajstić information content (AvgIpc) is 3.01. The first-order chi connectivity index (χ1) is 8.79. The lowest BCUT2D eigenvalue weighted by molar-refractivity contribution is 0.147. The molecule has 0 amide bonds. The van der Waals surface area contributed by atoms with Crippen molar-refractivity contribution in [3.63, 3.8) is 0 Å². The number of benzene rings is 1. The van der Waals surface area contributed by atoms with Crippen LogP contribution in [0.2, 0.25) is 0 Å². The predicted molar refractivity (Wildman–Crippen MR) is 71.3 cm³/mol. The number of aliphatic hydroxyl groups excluding tert-OH is 1. The third kappa shape index (κ3) is 1.91. The van der Waals surface area contributed by atoms with Crippen molar-refractivity contribution in [3.05, 3.63) is 30.1 Å². The van der Waals surface area contributed by atoms with E-state index >= 15 is 0 Å². The van der Waals surface area contributed by atoms with Gasteiger partial charge in [0.15, 0.2) is 0 Å². The van der Waals surface area contributed by atoms with Crippen LogP contribution in [0.4, 0.5) is 0 Å². The van der Waals surface area contributed by atoms with Crippen LogP contribution in [0.3, 0.4) is 0 Å². The number of hydrogen-bond donors (Lipinski definition) is 1. The van der Waals surface area contributed by atoms with Crippen molar-refractivity contribution in [1.29, 1.82) is 0 Å². The Balaban J connectivity index is 1.96. The first-order valence-corrected chi connectivity index (χ1v) is 6.55. The van der Waals surface area contributed by atoms with Crippen molar-refractivity contribution >= 4 is 11.0 Å². The molecule has 0 saturated carbocycles. The van der Waals surface area contributed by atoms with Gasteiger partial charge >= 0.3 is 0 Å². The second-order valence-electron chi connectivity index (χ2n) is 5.05. The van der Waals surface area contributed by atoms with Crippen LogP contribution < -0.4 is 0 Å². The first-order valence-electron chi connectivity index (χ1n) is 6.55. The minimum atomic E-state index is 0.124. The van der Waals surface area contributed by atoms with Crippen LogP contribution in [0, 0.1) is 0 Å². The van der Waals surface area contributed by atoms with Crippen LogP contribution >= 0.6 is 0 Å². The molecule has 1 saturated heterocycles. The fourth-order valence-electron chi connectivity index (χ4n) is 2.85. The zero-order valence-corrected chi connectivity index (χ0v) is 10.7. The maximum absolute atomic E-state index is 9.65. The summed E-state index contributed by atoms with van der Waals surface area (Å²) in [4.78, 5) is 6.75. The highest BCUT2D eigenvalue weighted by Crippen LogP contribution is 2.26. The lowest BCUT2D eigenvalue weighted by Gasteiger charge is -2.26. The molecule has 4 nitrogen and oxygen atoms in total. The molecule has 1 fully saturated rings. The van der Waals surface area contributed by atoms with Gasteiger partial charge in [-0.15, -0.1) is 0 Å². The van der Waals surface area contributed by atoms with Gasteiger partial charge in [-0.1, -0.05) is 6.07 Å². The SMILES string of the molecule is Cn1cnc2cc(C(CO)N3CCCC3)ccc21. The number of fused-ring (bicyclic) bond motifs is 1. The van der Waals surface area contributed by atoms with Gasteiger partial charge in [0, 0.05) is 7.05 Å². The summed E-state index contributed by atoms with van der Waals surface area (Å²) in [5.74, 6) is 0. The molecule has 2 heterocycles. The van der Waals surface area contributed by atoms with Crippen LogP contribution in [0.25, 0.3) is 11.0 Å². The van der Waals surface area contributed by atoms with E-state index < -0.39 is 0 Å². The Hall–Kier alpha value is -1.39. The molecular formula is C14H19N3O. The van der Waals surface area contributed by atoms with Gasteiger partial charge in [-0.05, 0) is 43.6 Å². The molecule has 1 aromatic carbocycles. The standard InChI is InChI=1S/C14H19N3O/c1-16-10-15-12-8-11(4-5-13(12)16)14(9-18)17-6-2-3-7-17/h4-5,8,10,14,18H,2-3,6-7,9H2,1H3. The molecule has 1 aromatic heterocycles. The quantitative estimate of drug-likeness (QED) is 0.895. The Kier molecular flexibility index (Phi) is 3.06. The molecule has 0 aliphatic carbocycles. The van der Waals surface area contributed by atoms with Gasteiger partial charge in [-0.3, -0.25) is 4.90 Å². The second kappa shape index (κ2) is 4.71. The number of aryl methyl sites for hydroxylation is 1. The fourth-order valence-corrected chi connectivity index (χ4v) is 2.85. The Morgan fingerprint density at radius 3 is 2.83 bits per heavy atom. The smallest absolute Gasteiger partial charge is 0.0955 e. The number of aromatic nitrogens is 2. The second-order valence-corrected chi connectivity index (χ2v) is 5.05. The third-order valence-electron chi connectivity index (χ3n) is 3.89. The summed E-state index contributed by atoms with van der Waals surface area (Å²) in [6.45, 7) is 2.36. The molecule has 0 bridgehead atoms. The highest BCUT2D eigenvalue weighted by Gasteiger charge is 2.23. The van der Waals surface area contributed by atoms with Gasteiger partial charge in [0.25, 0.3) is 0 Å². The number of rotatable bonds is 3. The van der Waals surface area contributed by atoms with E-state index in [-0.39, 0.29) is 12.6 Å². The molecule has 1 aliphatic rings. The van der Waals surface area contributed by atoms with E-state index in [1.165, 1.54) is 18.4 Å². The van der Waals surface area contributed by atoms with Crippen LogP contribution in [0.5, 0.6) is 0 Å². The molecular weight excluding hydrogens is 226 g/mol. The summed E-state index contributed by atoms with van der Waals surface area (Å²) in [5, 5.41) is 9.65. The Morgan fingerprint density at radius 2 is 2.11 bits per heavy atom. The molecule has 1 unspecified atom stereocenters. The van der Waals surface area contributed by atoms with Crippen molar-refractivity contribution in [1.82, 2.24) is 14.5 Å². The number of likely N-dealkylation sites (tertiary alicyclic amines) is 1. The molecule has 0 spiro atoms. The molecule has 1 aliphatic heterocycles. The van der Waals surface area contributed by atoms with E-state index in [1.54, 1.807) is 0 Å². The van der Waals surface area contributed by atoms with Crippen LogP contribution in [-0.2, 0) is 7.05 Å². The van der Waals surface area contributed by atoms with Crippen LogP contribution in [0.15, 0.2) is 24.5 Å². The van der Waals surface area contributed by atoms with E-state index in [2.05, 4.69) is 28.1 Å². The maximum Gasteiger partial charge on any atom is 0.0955 e. The molecule has 0 radical (unpaired) electrons. The normalized spacial score (nSPS) is 18.6. The third-order valence-corrected chi connectivity index (χ3v) is 3.89. The van der Waals surface area contributed by atoms with E-state index in [0.29, 0.717) is 0 Å². The maximum atomic E-state index is 9.65. The monoisotopic (exact) mass is 245 g/mol. The predicted octanol–water partition coefficient (Wildman–Crippen LogP) is 1.70. The van der Waals surface area contributed by atoms with Gasteiger partial charge in [0.1, 0.15) is 0 Å². The highest BCUT2D eigenvalue weighted by molar-refractivity contribution is 5.76. The molecule has 2 aromatic rings. The van der Waals surface area contributed by atoms with Crippen LogP contribution in [0.1, 0.15) is 24.4 Å². The molecule has 4 heteroatoms. The summed E-state index contributed by atoms with van der Waals surface area (Å²) in [5.41, 5.74) is 3.31. The number of hydrogen-bond acceptors (Lipinski definition) is 3. The lowest BCUT2D eigenvalue weighted by Crippen LogP contribution is -2.28. The summed E-state index contributed by atoms with van der Waals surface area (Å²) >= 11 is 0. The van der Waals surface area contributed by atoms with Gasteiger partial charge in [0.2, 0.25) is 0 Å². The Labute approximate surface area is 107 Å². The summed E-state index contributed by atoms with van der Waals surface area (Å²) < 4.78 is 2.02. The minimum absolute atomic E-state index is 0.124. The first kappa shape index (κ1) is 11.7. The highest BCUT2D eigenvalue weighted by atomic mass is 16.3. The van der Waals surface area contributed by atoms with Crippen molar-refractivity contribution in [2.45, 2.75) is 18.9 Å². The van der Waals surface area contributed by atoms with Crippen molar-refractivity contribution in [2.75, 3.05) is 19.7 Å². The lowest BCUT2D eigenvalue weighted by atomic mass is 10.1. The Bertz CT molecular complexity index is 543. The summed E-state index contributed by atoms with van der Waals surface area (Å²) in [6, 6.07) is 6.44. The van der Waals surface area contributed by atoms with E-state index in [4.69, 9.17) is 0 Å². The largest absolute Gasteiger partial charge is 0.394 e. The van der Waals surface area contributed by atoms with Crippen LogP contribution in [-0.4, -0.2) is 39.3 Å². The van der Waals surface area contributed by atoms with Crippen molar-refractivity contribution < 1.29 is 5.11 Å².